The summed E-state index contributed by atoms with van der Waals surface area (Å²) < 4.78 is 3.31. The third kappa shape index (κ3) is 2.31. The molecule has 1 fully saturated rings. The minimum Gasteiger partial charge on any atom is -0.348 e. The topological polar surface area (TPSA) is 34.0 Å². The molecular weight excluding hydrogens is 316 g/mol. The number of nitrogens with zero attached hydrogens (tertiary/aromatic N) is 1. The first kappa shape index (κ1) is 13.8. The largest absolute Gasteiger partial charge is 0.348 e. The Morgan fingerprint density at radius 3 is 3.00 bits per heavy atom. The minimum atomic E-state index is 0.118. The van der Waals surface area contributed by atoms with Gasteiger partial charge in [-0.25, -0.2) is 0 Å². The van der Waals surface area contributed by atoms with Gasteiger partial charge in [-0.15, -0.1) is 0 Å². The van der Waals surface area contributed by atoms with Crippen molar-refractivity contribution in [3.05, 3.63) is 33.9 Å². The third-order valence-electron chi connectivity index (χ3n) is 4.43. The summed E-state index contributed by atoms with van der Waals surface area (Å²) in [7, 11) is 2.09. The molecule has 1 unspecified atom stereocenters. The summed E-state index contributed by atoms with van der Waals surface area (Å²) in [5.41, 5.74) is 3.80. The molecule has 0 amide bonds. The second kappa shape index (κ2) is 5.34. The van der Waals surface area contributed by atoms with Gasteiger partial charge in [-0.1, -0.05) is 15.9 Å². The predicted molar refractivity (Wildman–Crippen MR) is 85.0 cm³/mol. The molecule has 3 rings (SSSR count). The Hall–Kier alpha value is -1.13. The van der Waals surface area contributed by atoms with Crippen molar-refractivity contribution >= 4 is 32.6 Å². The van der Waals surface area contributed by atoms with E-state index in [1.165, 1.54) is 22.2 Å². The molecule has 1 saturated heterocycles. The standard InChI is InChI=1S/C16H19BrN2O/c1-10-13(7-11-9-18-6-5-16(11)20)14-8-12(17)3-4-15(14)19(10)2/h3-4,8,11,18H,5-7,9H2,1-2H3. The van der Waals surface area contributed by atoms with Crippen LogP contribution < -0.4 is 5.32 Å². The van der Waals surface area contributed by atoms with E-state index in [9.17, 15) is 4.79 Å². The van der Waals surface area contributed by atoms with Crippen molar-refractivity contribution in [3.8, 4) is 0 Å². The lowest BCUT2D eigenvalue weighted by Crippen LogP contribution is -2.38. The molecule has 1 aliphatic rings. The highest BCUT2D eigenvalue weighted by Crippen LogP contribution is 2.30. The first-order chi connectivity index (χ1) is 9.58. The first-order valence-electron chi connectivity index (χ1n) is 7.04. The average Bonchev–Trinajstić information content (AvgIpc) is 2.66. The summed E-state index contributed by atoms with van der Waals surface area (Å²) >= 11 is 3.55. The van der Waals surface area contributed by atoms with E-state index in [0.717, 1.165) is 24.0 Å². The molecule has 1 atom stereocenters. The lowest BCUT2D eigenvalue weighted by Gasteiger charge is -2.21. The van der Waals surface area contributed by atoms with Gasteiger partial charge in [0, 0.05) is 53.5 Å². The van der Waals surface area contributed by atoms with Crippen LogP contribution in [-0.4, -0.2) is 23.4 Å². The Bertz CT molecular complexity index is 675. The van der Waals surface area contributed by atoms with Crippen molar-refractivity contribution in [1.82, 2.24) is 9.88 Å². The number of nitrogens with one attached hydrogen (secondary N) is 1. The van der Waals surface area contributed by atoms with Crippen LogP contribution in [0.3, 0.4) is 0 Å². The van der Waals surface area contributed by atoms with Gasteiger partial charge in [-0.3, -0.25) is 4.79 Å². The number of Topliss-reactive ketones (excluding diaryl/α,β-unsaturated/α-hetero) is 1. The van der Waals surface area contributed by atoms with E-state index in [-0.39, 0.29) is 5.92 Å². The number of hydrogen-bond acceptors (Lipinski definition) is 2. The number of aromatic nitrogens is 1. The Morgan fingerprint density at radius 2 is 2.25 bits per heavy atom. The van der Waals surface area contributed by atoms with Crippen molar-refractivity contribution in [2.75, 3.05) is 13.1 Å². The summed E-state index contributed by atoms with van der Waals surface area (Å²) in [5.74, 6) is 0.516. The maximum Gasteiger partial charge on any atom is 0.138 e. The van der Waals surface area contributed by atoms with Gasteiger partial charge in [-0.05, 0) is 37.1 Å². The van der Waals surface area contributed by atoms with Crippen LogP contribution in [0.1, 0.15) is 17.7 Å². The lowest BCUT2D eigenvalue weighted by atomic mass is 9.90. The van der Waals surface area contributed by atoms with E-state index >= 15 is 0 Å². The second-order valence-electron chi connectivity index (χ2n) is 5.61. The van der Waals surface area contributed by atoms with E-state index in [1.807, 2.05) is 0 Å². The lowest BCUT2D eigenvalue weighted by molar-refractivity contribution is -0.123. The Kier molecular flexibility index (Phi) is 3.69. The molecule has 1 aliphatic heterocycles. The molecule has 4 heteroatoms. The smallest absolute Gasteiger partial charge is 0.138 e. The van der Waals surface area contributed by atoms with Gasteiger partial charge in [0.2, 0.25) is 0 Å². The number of benzene rings is 1. The van der Waals surface area contributed by atoms with Gasteiger partial charge in [0.15, 0.2) is 0 Å². The first-order valence-corrected chi connectivity index (χ1v) is 7.84. The number of ketones is 1. The molecule has 1 N–H and O–H groups in total. The molecule has 0 saturated carbocycles. The zero-order valence-corrected chi connectivity index (χ0v) is 13.5. The van der Waals surface area contributed by atoms with E-state index in [1.54, 1.807) is 0 Å². The van der Waals surface area contributed by atoms with E-state index in [4.69, 9.17) is 0 Å². The average molecular weight is 335 g/mol. The molecule has 1 aromatic carbocycles. The molecule has 0 radical (unpaired) electrons. The zero-order chi connectivity index (χ0) is 14.3. The summed E-state index contributed by atoms with van der Waals surface area (Å²) in [6.45, 7) is 3.78. The van der Waals surface area contributed by atoms with Crippen LogP contribution in [-0.2, 0) is 18.3 Å². The number of fused-ring (bicyclic) bond motifs is 1. The monoisotopic (exact) mass is 334 g/mol. The van der Waals surface area contributed by atoms with Crippen LogP contribution in [0.25, 0.3) is 10.9 Å². The summed E-state index contributed by atoms with van der Waals surface area (Å²) in [6.07, 6.45) is 1.50. The van der Waals surface area contributed by atoms with E-state index < -0.39 is 0 Å². The molecule has 2 heterocycles. The maximum atomic E-state index is 12.1. The van der Waals surface area contributed by atoms with Gasteiger partial charge in [0.25, 0.3) is 0 Å². The van der Waals surface area contributed by atoms with Gasteiger partial charge in [0.1, 0.15) is 5.78 Å². The minimum absolute atomic E-state index is 0.118. The number of carbonyl (C=O) groups excluding carboxylic acids is 1. The second-order valence-corrected chi connectivity index (χ2v) is 6.52. The fourth-order valence-electron chi connectivity index (χ4n) is 3.12. The number of carbonyl (C=O) groups is 1. The highest BCUT2D eigenvalue weighted by atomic mass is 79.9. The molecule has 0 aliphatic carbocycles. The fourth-order valence-corrected chi connectivity index (χ4v) is 3.48. The van der Waals surface area contributed by atoms with Crippen LogP contribution in [0.5, 0.6) is 0 Å². The molecule has 0 spiro atoms. The summed E-state index contributed by atoms with van der Waals surface area (Å²) in [6, 6.07) is 6.37. The van der Waals surface area contributed by atoms with Crippen molar-refractivity contribution in [2.24, 2.45) is 13.0 Å². The molecule has 106 valence electrons. The molecule has 0 bridgehead atoms. The normalized spacial score (nSPS) is 19.8. The van der Waals surface area contributed by atoms with Gasteiger partial charge >= 0.3 is 0 Å². The number of hydrogen-bond donors (Lipinski definition) is 1. The van der Waals surface area contributed by atoms with Gasteiger partial charge < -0.3 is 9.88 Å². The Balaban J connectivity index is 2.04. The molecule has 20 heavy (non-hydrogen) atoms. The molecule has 1 aromatic heterocycles. The third-order valence-corrected chi connectivity index (χ3v) is 4.92. The number of halogens is 1. The van der Waals surface area contributed by atoms with Crippen LogP contribution >= 0.6 is 15.9 Å². The zero-order valence-electron chi connectivity index (χ0n) is 11.9. The number of aryl methyl sites for hydroxylation is 1. The molecule has 2 aromatic rings. The number of rotatable bonds is 2. The van der Waals surface area contributed by atoms with E-state index in [0.29, 0.717) is 12.2 Å². The van der Waals surface area contributed by atoms with Crippen LogP contribution in [0.4, 0.5) is 0 Å². The Labute approximate surface area is 127 Å². The van der Waals surface area contributed by atoms with Crippen molar-refractivity contribution in [3.63, 3.8) is 0 Å². The molecule has 3 nitrogen and oxygen atoms in total. The summed E-state index contributed by atoms with van der Waals surface area (Å²) in [5, 5.41) is 4.60. The fraction of sp³-hybridized carbons (Fsp3) is 0.438. The number of piperidine rings is 1. The maximum absolute atomic E-state index is 12.1. The van der Waals surface area contributed by atoms with Crippen LogP contribution in [0, 0.1) is 12.8 Å². The SMILES string of the molecule is Cc1c(CC2CNCCC2=O)c2cc(Br)ccc2n1C. The van der Waals surface area contributed by atoms with Crippen molar-refractivity contribution in [2.45, 2.75) is 19.8 Å². The van der Waals surface area contributed by atoms with Crippen LogP contribution in [0.15, 0.2) is 22.7 Å². The highest BCUT2D eigenvalue weighted by molar-refractivity contribution is 9.10. The quantitative estimate of drug-likeness (QED) is 0.916. The highest BCUT2D eigenvalue weighted by Gasteiger charge is 2.24. The van der Waals surface area contributed by atoms with Crippen molar-refractivity contribution in [1.29, 1.82) is 0 Å². The summed E-state index contributed by atoms with van der Waals surface area (Å²) in [4.78, 5) is 12.1. The Morgan fingerprint density at radius 1 is 1.45 bits per heavy atom. The van der Waals surface area contributed by atoms with Gasteiger partial charge in [-0.2, -0.15) is 0 Å². The molecular formula is C16H19BrN2O. The van der Waals surface area contributed by atoms with Gasteiger partial charge in [0.05, 0.1) is 0 Å². The van der Waals surface area contributed by atoms with E-state index in [2.05, 4.69) is 58.0 Å². The predicted octanol–water partition coefficient (Wildman–Crippen LogP) is 2.97. The van der Waals surface area contributed by atoms with Crippen molar-refractivity contribution < 1.29 is 4.79 Å². The van der Waals surface area contributed by atoms with Crippen LogP contribution in [0.2, 0.25) is 0 Å².